The van der Waals surface area contributed by atoms with Crippen LogP contribution in [-0.4, -0.2) is 40.7 Å². The molecule has 20 heavy (non-hydrogen) atoms. The molecule has 1 amide bonds. The van der Waals surface area contributed by atoms with Crippen LogP contribution in [0.2, 0.25) is 5.02 Å². The zero-order valence-corrected chi connectivity index (χ0v) is 12.6. The molecule has 1 aromatic carbocycles. The number of hydrogen-bond acceptors (Lipinski definition) is 3. The highest BCUT2D eigenvalue weighted by molar-refractivity contribution is 7.99. The standard InChI is InChI=1S/C14H17ClN2O2S/c15-11-3-2-10-8-13(17-12(10)9-11)14(19)16-4-7-20-6-1-5-18/h2-3,8-9,17-18H,1,4-7H2,(H,16,19). The van der Waals surface area contributed by atoms with E-state index >= 15 is 0 Å². The number of benzene rings is 1. The Bertz CT molecular complexity index is 586. The maximum Gasteiger partial charge on any atom is 0.267 e. The van der Waals surface area contributed by atoms with Crippen LogP contribution in [-0.2, 0) is 0 Å². The van der Waals surface area contributed by atoms with Crippen LogP contribution >= 0.6 is 23.4 Å². The van der Waals surface area contributed by atoms with Gasteiger partial charge in [-0.25, -0.2) is 0 Å². The number of aliphatic hydroxyl groups is 1. The molecule has 6 heteroatoms. The van der Waals surface area contributed by atoms with Crippen molar-refractivity contribution in [3.05, 3.63) is 35.0 Å². The van der Waals surface area contributed by atoms with E-state index in [1.807, 2.05) is 12.1 Å². The fourth-order valence-electron chi connectivity index (χ4n) is 1.82. The number of thioether (sulfide) groups is 1. The van der Waals surface area contributed by atoms with Crippen molar-refractivity contribution in [3.63, 3.8) is 0 Å². The molecule has 108 valence electrons. The fraction of sp³-hybridized carbons (Fsp3) is 0.357. The van der Waals surface area contributed by atoms with Crippen LogP contribution in [0, 0.1) is 0 Å². The molecule has 4 nitrogen and oxygen atoms in total. The second-order valence-corrected chi connectivity index (χ2v) is 6.02. The maximum absolute atomic E-state index is 12.0. The number of hydrogen-bond donors (Lipinski definition) is 3. The third-order valence-electron chi connectivity index (χ3n) is 2.81. The van der Waals surface area contributed by atoms with Crippen LogP contribution in [0.3, 0.4) is 0 Å². The van der Waals surface area contributed by atoms with E-state index in [2.05, 4.69) is 10.3 Å². The Morgan fingerprint density at radius 2 is 2.20 bits per heavy atom. The average Bonchev–Trinajstić information content (AvgIpc) is 2.85. The molecule has 0 aliphatic heterocycles. The van der Waals surface area contributed by atoms with Crippen LogP contribution in [0.1, 0.15) is 16.9 Å². The second-order valence-electron chi connectivity index (χ2n) is 4.36. The number of carbonyl (C=O) groups excluding carboxylic acids is 1. The highest BCUT2D eigenvalue weighted by atomic mass is 35.5. The lowest BCUT2D eigenvalue weighted by atomic mass is 10.2. The number of aromatic amines is 1. The van der Waals surface area contributed by atoms with E-state index in [1.165, 1.54) is 0 Å². The third-order valence-corrected chi connectivity index (χ3v) is 4.11. The summed E-state index contributed by atoms with van der Waals surface area (Å²) in [6.45, 7) is 0.835. The summed E-state index contributed by atoms with van der Waals surface area (Å²) in [5, 5.41) is 13.1. The van der Waals surface area contributed by atoms with Gasteiger partial charge in [-0.05, 0) is 30.4 Å². The molecule has 0 atom stereocenters. The van der Waals surface area contributed by atoms with Crippen molar-refractivity contribution in [1.29, 1.82) is 0 Å². The van der Waals surface area contributed by atoms with Gasteiger partial charge in [0.15, 0.2) is 0 Å². The van der Waals surface area contributed by atoms with E-state index in [1.54, 1.807) is 23.9 Å². The molecule has 0 saturated heterocycles. The number of fused-ring (bicyclic) bond motifs is 1. The van der Waals surface area contributed by atoms with Crippen LogP contribution in [0.25, 0.3) is 10.9 Å². The Labute approximate surface area is 126 Å². The van der Waals surface area contributed by atoms with Gasteiger partial charge in [0.2, 0.25) is 0 Å². The number of nitrogens with one attached hydrogen (secondary N) is 2. The number of rotatable bonds is 7. The van der Waals surface area contributed by atoms with Crippen LogP contribution in [0.4, 0.5) is 0 Å². The predicted molar refractivity (Wildman–Crippen MR) is 84.7 cm³/mol. The molecule has 0 spiro atoms. The molecule has 0 bridgehead atoms. The molecule has 2 rings (SSSR count). The summed E-state index contributed by atoms with van der Waals surface area (Å²) in [5.74, 6) is 1.65. The van der Waals surface area contributed by atoms with Crippen molar-refractivity contribution in [1.82, 2.24) is 10.3 Å². The van der Waals surface area contributed by atoms with Gasteiger partial charge in [0, 0.05) is 34.8 Å². The molecular weight excluding hydrogens is 296 g/mol. The lowest BCUT2D eigenvalue weighted by Gasteiger charge is -2.03. The smallest absolute Gasteiger partial charge is 0.267 e. The summed E-state index contributed by atoms with van der Waals surface area (Å²) in [7, 11) is 0. The Morgan fingerprint density at radius 1 is 1.35 bits per heavy atom. The van der Waals surface area contributed by atoms with E-state index in [9.17, 15) is 4.79 Å². The minimum Gasteiger partial charge on any atom is -0.396 e. The van der Waals surface area contributed by atoms with Gasteiger partial charge < -0.3 is 15.4 Å². The Hall–Kier alpha value is -1.17. The number of halogens is 1. The molecule has 2 aromatic rings. The Balaban J connectivity index is 1.85. The summed E-state index contributed by atoms with van der Waals surface area (Å²) in [5.41, 5.74) is 1.41. The zero-order valence-electron chi connectivity index (χ0n) is 11.0. The maximum atomic E-state index is 12.0. The number of aliphatic hydroxyl groups excluding tert-OH is 1. The minimum atomic E-state index is -0.111. The van der Waals surface area contributed by atoms with E-state index < -0.39 is 0 Å². The Morgan fingerprint density at radius 3 is 3.00 bits per heavy atom. The van der Waals surface area contributed by atoms with Gasteiger partial charge in [0.05, 0.1) is 0 Å². The van der Waals surface area contributed by atoms with Gasteiger partial charge in [-0.1, -0.05) is 17.7 Å². The molecule has 0 unspecified atom stereocenters. The Kier molecular flexibility index (Phi) is 5.76. The van der Waals surface area contributed by atoms with E-state index in [0.717, 1.165) is 28.8 Å². The minimum absolute atomic E-state index is 0.111. The summed E-state index contributed by atoms with van der Waals surface area (Å²) in [6, 6.07) is 7.31. The normalized spacial score (nSPS) is 10.9. The zero-order chi connectivity index (χ0) is 14.4. The molecule has 0 aliphatic carbocycles. The van der Waals surface area contributed by atoms with Gasteiger partial charge in [0.25, 0.3) is 5.91 Å². The van der Waals surface area contributed by atoms with E-state index in [0.29, 0.717) is 17.3 Å². The topological polar surface area (TPSA) is 65.1 Å². The lowest BCUT2D eigenvalue weighted by Crippen LogP contribution is -2.26. The SMILES string of the molecule is O=C(NCCSCCCO)c1cc2ccc(Cl)cc2[nH]1. The quantitative estimate of drug-likeness (QED) is 0.689. The van der Waals surface area contributed by atoms with Gasteiger partial charge >= 0.3 is 0 Å². The summed E-state index contributed by atoms with van der Waals surface area (Å²) in [6.07, 6.45) is 0.793. The second kappa shape index (κ2) is 7.57. The summed E-state index contributed by atoms with van der Waals surface area (Å²) < 4.78 is 0. The van der Waals surface area contributed by atoms with Crippen molar-refractivity contribution in [3.8, 4) is 0 Å². The average molecular weight is 313 g/mol. The summed E-state index contributed by atoms with van der Waals surface area (Å²) in [4.78, 5) is 15.0. The van der Waals surface area contributed by atoms with Crippen LogP contribution in [0.15, 0.2) is 24.3 Å². The number of aromatic nitrogens is 1. The molecule has 3 N–H and O–H groups in total. The van der Waals surface area contributed by atoms with Crippen LogP contribution < -0.4 is 5.32 Å². The van der Waals surface area contributed by atoms with Crippen molar-refractivity contribution < 1.29 is 9.90 Å². The number of amides is 1. The number of carbonyl (C=O) groups is 1. The fourth-order valence-corrected chi connectivity index (χ4v) is 2.78. The molecule has 0 saturated carbocycles. The molecule has 1 heterocycles. The highest BCUT2D eigenvalue weighted by Gasteiger charge is 2.08. The first-order chi connectivity index (χ1) is 9.70. The van der Waals surface area contributed by atoms with E-state index in [-0.39, 0.29) is 12.5 Å². The van der Waals surface area contributed by atoms with Gasteiger partial charge in [-0.3, -0.25) is 4.79 Å². The van der Waals surface area contributed by atoms with E-state index in [4.69, 9.17) is 16.7 Å². The first-order valence-corrected chi connectivity index (χ1v) is 7.99. The van der Waals surface area contributed by atoms with Crippen molar-refractivity contribution >= 4 is 40.2 Å². The van der Waals surface area contributed by atoms with Crippen molar-refractivity contribution in [2.24, 2.45) is 0 Å². The molecule has 0 radical (unpaired) electrons. The third kappa shape index (κ3) is 4.16. The van der Waals surface area contributed by atoms with Gasteiger partial charge in [-0.2, -0.15) is 11.8 Å². The van der Waals surface area contributed by atoms with Gasteiger partial charge in [-0.15, -0.1) is 0 Å². The molecular formula is C14H17ClN2O2S. The first-order valence-electron chi connectivity index (χ1n) is 6.46. The largest absolute Gasteiger partial charge is 0.396 e. The summed E-state index contributed by atoms with van der Waals surface area (Å²) >= 11 is 7.63. The lowest BCUT2D eigenvalue weighted by molar-refractivity contribution is 0.0952. The molecule has 0 aliphatic rings. The predicted octanol–water partition coefficient (Wildman–Crippen LogP) is 2.67. The van der Waals surface area contributed by atoms with Crippen molar-refractivity contribution in [2.45, 2.75) is 6.42 Å². The van der Waals surface area contributed by atoms with Gasteiger partial charge in [0.1, 0.15) is 5.69 Å². The first kappa shape index (κ1) is 15.2. The molecule has 1 aromatic heterocycles. The van der Waals surface area contributed by atoms with Crippen molar-refractivity contribution in [2.75, 3.05) is 24.7 Å². The monoisotopic (exact) mass is 312 g/mol. The van der Waals surface area contributed by atoms with Crippen LogP contribution in [0.5, 0.6) is 0 Å². The number of H-pyrrole nitrogens is 1. The highest BCUT2D eigenvalue weighted by Crippen LogP contribution is 2.19. The molecule has 0 fully saturated rings.